The zero-order valence-corrected chi connectivity index (χ0v) is 11.6. The summed E-state index contributed by atoms with van der Waals surface area (Å²) in [5, 5.41) is 0. The number of nitrogens with zero attached hydrogens (tertiary/aromatic N) is 2. The molecule has 2 aromatic rings. The van der Waals surface area contributed by atoms with Crippen LogP contribution in [0.15, 0.2) is 30.5 Å². The van der Waals surface area contributed by atoms with Gasteiger partial charge in [-0.15, -0.1) is 0 Å². The largest absolute Gasteiger partial charge is 0.493 e. The lowest BCUT2D eigenvalue weighted by atomic mass is 10.1. The van der Waals surface area contributed by atoms with Gasteiger partial charge in [0.15, 0.2) is 5.82 Å². The average Bonchev–Trinajstić information content (AvgIpc) is 2.40. The highest BCUT2D eigenvalue weighted by molar-refractivity contribution is 5.65. The van der Waals surface area contributed by atoms with E-state index in [4.69, 9.17) is 10.5 Å². The van der Waals surface area contributed by atoms with Crippen molar-refractivity contribution >= 4 is 5.69 Å². The zero-order valence-electron chi connectivity index (χ0n) is 11.6. The second kappa shape index (κ2) is 5.69. The maximum atomic E-state index is 5.91. The van der Waals surface area contributed by atoms with Gasteiger partial charge in [-0.25, -0.2) is 9.97 Å². The summed E-state index contributed by atoms with van der Waals surface area (Å²) < 4.78 is 5.61. The Kier molecular flexibility index (Phi) is 4.00. The summed E-state index contributed by atoms with van der Waals surface area (Å²) in [6, 6.07) is 7.77. The first-order valence-corrected chi connectivity index (χ1v) is 6.48. The third kappa shape index (κ3) is 2.84. The quantitative estimate of drug-likeness (QED) is 0.913. The summed E-state index contributed by atoms with van der Waals surface area (Å²) in [6.45, 7) is 6.71. The minimum Gasteiger partial charge on any atom is -0.493 e. The van der Waals surface area contributed by atoms with Crippen LogP contribution in [0.3, 0.4) is 0 Å². The monoisotopic (exact) mass is 257 g/mol. The zero-order chi connectivity index (χ0) is 13.8. The predicted molar refractivity (Wildman–Crippen MR) is 77.1 cm³/mol. The molecule has 19 heavy (non-hydrogen) atoms. The van der Waals surface area contributed by atoms with Crippen LogP contribution in [0.4, 0.5) is 5.69 Å². The highest BCUT2D eigenvalue weighted by Gasteiger charge is 2.12. The number of hydrogen-bond acceptors (Lipinski definition) is 4. The molecule has 0 aliphatic heterocycles. The summed E-state index contributed by atoms with van der Waals surface area (Å²) in [7, 11) is 0. The molecule has 0 bridgehead atoms. The van der Waals surface area contributed by atoms with Crippen molar-refractivity contribution in [1.29, 1.82) is 0 Å². The molecular weight excluding hydrogens is 238 g/mol. The maximum Gasteiger partial charge on any atom is 0.163 e. The lowest BCUT2D eigenvalue weighted by Crippen LogP contribution is -2.04. The molecule has 0 aliphatic rings. The van der Waals surface area contributed by atoms with Gasteiger partial charge in [0.1, 0.15) is 5.75 Å². The Morgan fingerprint density at radius 1 is 1.26 bits per heavy atom. The molecule has 100 valence electrons. The van der Waals surface area contributed by atoms with Crippen LogP contribution >= 0.6 is 0 Å². The van der Waals surface area contributed by atoms with Crippen molar-refractivity contribution in [2.24, 2.45) is 0 Å². The van der Waals surface area contributed by atoms with Gasteiger partial charge < -0.3 is 10.5 Å². The molecule has 0 saturated heterocycles. The summed E-state index contributed by atoms with van der Waals surface area (Å²) in [5.41, 5.74) is 8.31. The summed E-state index contributed by atoms with van der Waals surface area (Å²) in [6.07, 6.45) is 1.67. The summed E-state index contributed by atoms with van der Waals surface area (Å²) in [5.74, 6) is 1.72. The van der Waals surface area contributed by atoms with Crippen LogP contribution in [-0.2, 0) is 0 Å². The minimum absolute atomic E-state index is 0.265. The van der Waals surface area contributed by atoms with Gasteiger partial charge in [0, 0.05) is 0 Å². The SMILES string of the molecule is CCOc1ccccc1-c1ncc(N)c(C(C)C)n1. The molecule has 0 atom stereocenters. The first-order chi connectivity index (χ1) is 9.13. The second-order valence-corrected chi connectivity index (χ2v) is 4.62. The van der Waals surface area contributed by atoms with E-state index in [9.17, 15) is 0 Å². The van der Waals surface area contributed by atoms with Gasteiger partial charge in [-0.3, -0.25) is 0 Å². The minimum atomic E-state index is 0.265. The Bertz CT molecular complexity index is 567. The molecule has 1 heterocycles. The molecule has 0 radical (unpaired) electrons. The van der Waals surface area contributed by atoms with E-state index in [1.54, 1.807) is 6.20 Å². The third-order valence-corrected chi connectivity index (χ3v) is 2.82. The fraction of sp³-hybridized carbons (Fsp3) is 0.333. The van der Waals surface area contributed by atoms with Gasteiger partial charge in [-0.1, -0.05) is 26.0 Å². The van der Waals surface area contributed by atoms with Crippen LogP contribution in [-0.4, -0.2) is 16.6 Å². The highest BCUT2D eigenvalue weighted by Crippen LogP contribution is 2.29. The average molecular weight is 257 g/mol. The number of ether oxygens (including phenoxy) is 1. The van der Waals surface area contributed by atoms with Crippen molar-refractivity contribution in [2.75, 3.05) is 12.3 Å². The van der Waals surface area contributed by atoms with E-state index in [-0.39, 0.29) is 5.92 Å². The molecule has 1 aromatic heterocycles. The fourth-order valence-corrected chi connectivity index (χ4v) is 1.93. The lowest BCUT2D eigenvalue weighted by molar-refractivity contribution is 0.341. The number of anilines is 1. The molecule has 2 rings (SSSR count). The standard InChI is InChI=1S/C15H19N3O/c1-4-19-13-8-6-5-7-11(13)15-17-9-12(16)14(18-15)10(2)3/h5-10H,4,16H2,1-3H3. The molecule has 0 spiro atoms. The van der Waals surface area contributed by atoms with Gasteiger partial charge in [0.25, 0.3) is 0 Å². The third-order valence-electron chi connectivity index (χ3n) is 2.82. The van der Waals surface area contributed by atoms with E-state index >= 15 is 0 Å². The van der Waals surface area contributed by atoms with E-state index in [0.717, 1.165) is 17.0 Å². The molecule has 4 nitrogen and oxygen atoms in total. The molecule has 1 aromatic carbocycles. The Morgan fingerprint density at radius 2 is 2.00 bits per heavy atom. The van der Waals surface area contributed by atoms with E-state index < -0.39 is 0 Å². The molecular formula is C15H19N3O. The van der Waals surface area contributed by atoms with Crippen LogP contribution in [0.1, 0.15) is 32.4 Å². The van der Waals surface area contributed by atoms with Crippen LogP contribution in [0.5, 0.6) is 5.75 Å². The van der Waals surface area contributed by atoms with Gasteiger partial charge in [-0.2, -0.15) is 0 Å². The van der Waals surface area contributed by atoms with Crippen molar-refractivity contribution < 1.29 is 4.74 Å². The molecule has 0 saturated carbocycles. The molecule has 2 N–H and O–H groups in total. The Hall–Kier alpha value is -2.10. The van der Waals surface area contributed by atoms with Crippen molar-refractivity contribution in [3.8, 4) is 17.1 Å². The first-order valence-electron chi connectivity index (χ1n) is 6.48. The number of hydrogen-bond donors (Lipinski definition) is 1. The Labute approximate surface area is 113 Å². The van der Waals surface area contributed by atoms with Crippen LogP contribution in [0, 0.1) is 0 Å². The first kappa shape index (κ1) is 13.3. The number of aromatic nitrogens is 2. The van der Waals surface area contributed by atoms with Gasteiger partial charge in [0.2, 0.25) is 0 Å². The number of nitrogens with two attached hydrogens (primary N) is 1. The maximum absolute atomic E-state index is 5.91. The van der Waals surface area contributed by atoms with Crippen molar-refractivity contribution in [1.82, 2.24) is 9.97 Å². The number of benzene rings is 1. The van der Waals surface area contributed by atoms with Gasteiger partial charge in [0.05, 0.1) is 29.7 Å². The Morgan fingerprint density at radius 3 is 2.68 bits per heavy atom. The van der Waals surface area contributed by atoms with E-state index in [0.29, 0.717) is 18.1 Å². The summed E-state index contributed by atoms with van der Waals surface area (Å²) in [4.78, 5) is 8.89. The topological polar surface area (TPSA) is 61.0 Å². The molecule has 0 amide bonds. The van der Waals surface area contributed by atoms with E-state index in [2.05, 4.69) is 23.8 Å². The second-order valence-electron chi connectivity index (χ2n) is 4.62. The highest BCUT2D eigenvalue weighted by atomic mass is 16.5. The van der Waals surface area contributed by atoms with E-state index in [1.807, 2.05) is 31.2 Å². The van der Waals surface area contributed by atoms with Crippen molar-refractivity contribution in [3.05, 3.63) is 36.2 Å². The number of para-hydroxylation sites is 1. The molecule has 4 heteroatoms. The molecule has 0 unspecified atom stereocenters. The predicted octanol–water partition coefficient (Wildman–Crippen LogP) is 3.25. The van der Waals surface area contributed by atoms with Crippen molar-refractivity contribution in [3.63, 3.8) is 0 Å². The number of rotatable bonds is 4. The lowest BCUT2D eigenvalue weighted by Gasteiger charge is -2.12. The molecule has 0 aliphatic carbocycles. The van der Waals surface area contributed by atoms with Crippen LogP contribution in [0.2, 0.25) is 0 Å². The van der Waals surface area contributed by atoms with Gasteiger partial charge in [-0.05, 0) is 25.0 Å². The van der Waals surface area contributed by atoms with Crippen LogP contribution in [0.25, 0.3) is 11.4 Å². The van der Waals surface area contributed by atoms with E-state index in [1.165, 1.54) is 0 Å². The van der Waals surface area contributed by atoms with Gasteiger partial charge >= 0.3 is 0 Å². The summed E-state index contributed by atoms with van der Waals surface area (Å²) >= 11 is 0. The van der Waals surface area contributed by atoms with Crippen LogP contribution < -0.4 is 10.5 Å². The smallest absolute Gasteiger partial charge is 0.163 e. The molecule has 0 fully saturated rings. The van der Waals surface area contributed by atoms with Crippen molar-refractivity contribution in [2.45, 2.75) is 26.7 Å². The Balaban J connectivity index is 2.50. The fourth-order valence-electron chi connectivity index (χ4n) is 1.93. The number of nitrogen functional groups attached to an aromatic ring is 1. The normalized spacial score (nSPS) is 10.7.